The van der Waals surface area contributed by atoms with Crippen LogP contribution in [0, 0.1) is 0 Å². The molecule has 1 aromatic rings. The molecule has 104 valence electrons. The van der Waals surface area contributed by atoms with Crippen LogP contribution in [-0.2, 0) is 9.59 Å². The molecule has 0 saturated carbocycles. The lowest BCUT2D eigenvalue weighted by molar-refractivity contribution is -0.119. The van der Waals surface area contributed by atoms with Crippen molar-refractivity contribution in [3.05, 3.63) is 29.8 Å². The van der Waals surface area contributed by atoms with E-state index in [0.29, 0.717) is 19.3 Å². The van der Waals surface area contributed by atoms with Crippen molar-refractivity contribution in [2.24, 2.45) is 11.5 Å². The molecule has 0 spiro atoms. The van der Waals surface area contributed by atoms with Crippen LogP contribution in [0.5, 0.6) is 5.75 Å². The fourth-order valence-corrected chi connectivity index (χ4v) is 1.96. The Morgan fingerprint density at radius 3 is 2.26 bits per heavy atom. The van der Waals surface area contributed by atoms with Crippen LogP contribution >= 0.6 is 0 Å². The summed E-state index contributed by atoms with van der Waals surface area (Å²) >= 11 is 0. The zero-order valence-corrected chi connectivity index (χ0v) is 11.1. The summed E-state index contributed by atoms with van der Waals surface area (Å²) in [5.41, 5.74) is 11.4. The Kier molecular flexibility index (Phi) is 5.85. The number of nitrogens with two attached hydrogens (primary N) is 2. The van der Waals surface area contributed by atoms with E-state index in [1.54, 1.807) is 19.2 Å². The first-order valence-electron chi connectivity index (χ1n) is 6.26. The van der Waals surface area contributed by atoms with E-state index < -0.39 is 0 Å². The van der Waals surface area contributed by atoms with Crippen LogP contribution in [0.3, 0.4) is 0 Å². The van der Waals surface area contributed by atoms with Crippen molar-refractivity contribution in [1.82, 2.24) is 0 Å². The summed E-state index contributed by atoms with van der Waals surface area (Å²) in [5.74, 6) is -0.274. The summed E-state index contributed by atoms with van der Waals surface area (Å²) in [7, 11) is 1.59. The number of methoxy groups -OCH3 is 1. The van der Waals surface area contributed by atoms with Crippen molar-refractivity contribution < 1.29 is 14.3 Å². The minimum atomic E-state index is -0.357. The second-order valence-electron chi connectivity index (χ2n) is 4.44. The van der Waals surface area contributed by atoms with Gasteiger partial charge in [0.25, 0.3) is 0 Å². The van der Waals surface area contributed by atoms with Crippen LogP contribution < -0.4 is 16.2 Å². The standard InChI is InChI=1S/C14H20N2O3/c1-19-11-8-6-10(7-9-11)12(14(16)18)4-2-3-5-13(15)17/h6-9,12H,2-5H2,1H3,(H2,15,17)(H2,16,18). The van der Waals surface area contributed by atoms with E-state index in [1.807, 2.05) is 12.1 Å². The molecule has 0 radical (unpaired) electrons. The average Bonchev–Trinajstić information content (AvgIpc) is 2.38. The fraction of sp³-hybridized carbons (Fsp3) is 0.429. The maximum absolute atomic E-state index is 11.5. The van der Waals surface area contributed by atoms with Crippen LogP contribution in [0.1, 0.15) is 37.2 Å². The third-order valence-corrected chi connectivity index (χ3v) is 3.03. The van der Waals surface area contributed by atoms with Gasteiger partial charge < -0.3 is 16.2 Å². The molecule has 0 aliphatic carbocycles. The highest BCUT2D eigenvalue weighted by atomic mass is 16.5. The first-order valence-corrected chi connectivity index (χ1v) is 6.26. The monoisotopic (exact) mass is 264 g/mol. The number of benzene rings is 1. The highest BCUT2D eigenvalue weighted by Crippen LogP contribution is 2.24. The van der Waals surface area contributed by atoms with Gasteiger partial charge in [-0.3, -0.25) is 9.59 Å². The predicted octanol–water partition coefficient (Wildman–Crippen LogP) is 1.31. The second kappa shape index (κ2) is 7.41. The molecule has 5 heteroatoms. The van der Waals surface area contributed by atoms with Crippen molar-refractivity contribution in [2.45, 2.75) is 31.6 Å². The molecule has 1 rings (SSSR count). The van der Waals surface area contributed by atoms with Crippen molar-refractivity contribution in [3.63, 3.8) is 0 Å². The van der Waals surface area contributed by atoms with E-state index in [-0.39, 0.29) is 17.7 Å². The molecule has 19 heavy (non-hydrogen) atoms. The first-order chi connectivity index (χ1) is 9.04. The topological polar surface area (TPSA) is 95.4 Å². The number of hydrogen-bond donors (Lipinski definition) is 2. The van der Waals surface area contributed by atoms with Crippen LogP contribution in [0.2, 0.25) is 0 Å². The SMILES string of the molecule is COc1ccc(C(CCCCC(N)=O)C(N)=O)cc1. The molecule has 5 nitrogen and oxygen atoms in total. The van der Waals surface area contributed by atoms with E-state index in [4.69, 9.17) is 16.2 Å². The molecule has 1 atom stereocenters. The first kappa shape index (κ1) is 15.0. The van der Waals surface area contributed by atoms with Gasteiger partial charge in [0.2, 0.25) is 11.8 Å². The summed E-state index contributed by atoms with van der Waals surface area (Å²) in [6.07, 6.45) is 2.38. The van der Waals surface area contributed by atoms with Gasteiger partial charge in [-0.05, 0) is 30.5 Å². The summed E-state index contributed by atoms with van der Waals surface area (Å²) in [6, 6.07) is 7.27. The molecule has 0 saturated heterocycles. The Labute approximate surface area is 112 Å². The molecule has 0 fully saturated rings. The lowest BCUT2D eigenvalue weighted by atomic mass is 9.92. The summed E-state index contributed by atoms with van der Waals surface area (Å²) in [6.45, 7) is 0. The summed E-state index contributed by atoms with van der Waals surface area (Å²) in [4.78, 5) is 22.1. The highest BCUT2D eigenvalue weighted by Gasteiger charge is 2.17. The van der Waals surface area contributed by atoms with Gasteiger partial charge in [-0.2, -0.15) is 0 Å². The average molecular weight is 264 g/mol. The Bertz CT molecular complexity index is 429. The van der Waals surface area contributed by atoms with Crippen LogP contribution in [0.4, 0.5) is 0 Å². The number of primary amides is 2. The lowest BCUT2D eigenvalue weighted by Gasteiger charge is -2.14. The number of unbranched alkanes of at least 4 members (excludes halogenated alkanes) is 1. The number of ether oxygens (including phenoxy) is 1. The molecular weight excluding hydrogens is 244 g/mol. The van der Waals surface area contributed by atoms with Gasteiger partial charge in [-0.15, -0.1) is 0 Å². The third kappa shape index (κ3) is 4.99. The molecule has 1 unspecified atom stereocenters. The molecule has 0 aromatic heterocycles. The van der Waals surface area contributed by atoms with E-state index in [1.165, 1.54) is 0 Å². The van der Waals surface area contributed by atoms with E-state index >= 15 is 0 Å². The Morgan fingerprint density at radius 2 is 1.79 bits per heavy atom. The van der Waals surface area contributed by atoms with Crippen molar-refractivity contribution in [3.8, 4) is 5.75 Å². The molecular formula is C14H20N2O3. The maximum atomic E-state index is 11.5. The number of rotatable bonds is 8. The van der Waals surface area contributed by atoms with E-state index in [0.717, 1.165) is 17.7 Å². The van der Waals surface area contributed by atoms with Crippen LogP contribution in [0.25, 0.3) is 0 Å². The zero-order chi connectivity index (χ0) is 14.3. The van der Waals surface area contributed by atoms with Gasteiger partial charge in [0.15, 0.2) is 0 Å². The van der Waals surface area contributed by atoms with Crippen LogP contribution in [0.15, 0.2) is 24.3 Å². The van der Waals surface area contributed by atoms with Crippen molar-refractivity contribution in [2.75, 3.05) is 7.11 Å². The largest absolute Gasteiger partial charge is 0.497 e. The second-order valence-corrected chi connectivity index (χ2v) is 4.44. The number of amides is 2. The molecule has 0 heterocycles. The molecule has 4 N–H and O–H groups in total. The Hall–Kier alpha value is -2.04. The maximum Gasteiger partial charge on any atom is 0.224 e. The number of carbonyl (C=O) groups excluding carboxylic acids is 2. The summed E-state index contributed by atoms with van der Waals surface area (Å²) in [5, 5.41) is 0. The molecule has 0 aliphatic heterocycles. The minimum absolute atomic E-state index is 0.319. The van der Waals surface area contributed by atoms with Crippen molar-refractivity contribution >= 4 is 11.8 Å². The van der Waals surface area contributed by atoms with Gasteiger partial charge in [0.05, 0.1) is 13.0 Å². The minimum Gasteiger partial charge on any atom is -0.497 e. The van der Waals surface area contributed by atoms with Gasteiger partial charge in [-0.1, -0.05) is 18.6 Å². The molecule has 0 aliphatic rings. The zero-order valence-electron chi connectivity index (χ0n) is 11.1. The van der Waals surface area contributed by atoms with E-state index in [2.05, 4.69) is 0 Å². The van der Waals surface area contributed by atoms with Crippen LogP contribution in [-0.4, -0.2) is 18.9 Å². The normalized spacial score (nSPS) is 11.8. The van der Waals surface area contributed by atoms with Gasteiger partial charge >= 0.3 is 0 Å². The van der Waals surface area contributed by atoms with E-state index in [9.17, 15) is 9.59 Å². The Balaban J connectivity index is 2.60. The highest BCUT2D eigenvalue weighted by molar-refractivity contribution is 5.81. The van der Waals surface area contributed by atoms with Gasteiger partial charge in [0, 0.05) is 6.42 Å². The quantitative estimate of drug-likeness (QED) is 0.693. The predicted molar refractivity (Wildman–Crippen MR) is 72.6 cm³/mol. The van der Waals surface area contributed by atoms with Crippen molar-refractivity contribution in [1.29, 1.82) is 0 Å². The molecule has 0 bridgehead atoms. The summed E-state index contributed by atoms with van der Waals surface area (Å²) < 4.78 is 5.07. The Morgan fingerprint density at radius 1 is 1.16 bits per heavy atom. The number of hydrogen-bond acceptors (Lipinski definition) is 3. The van der Waals surface area contributed by atoms with Gasteiger partial charge in [-0.25, -0.2) is 0 Å². The van der Waals surface area contributed by atoms with Gasteiger partial charge in [0.1, 0.15) is 5.75 Å². The fourth-order valence-electron chi connectivity index (χ4n) is 1.96. The smallest absolute Gasteiger partial charge is 0.224 e. The molecule has 1 aromatic carbocycles. The number of carbonyl (C=O) groups is 2. The third-order valence-electron chi connectivity index (χ3n) is 3.03. The molecule has 2 amide bonds. The lowest BCUT2D eigenvalue weighted by Crippen LogP contribution is -2.21.